The number of nitrogens with zero attached hydrogens (tertiary/aromatic N) is 2. The van der Waals surface area contributed by atoms with Gasteiger partial charge in [0.25, 0.3) is 0 Å². The van der Waals surface area contributed by atoms with Gasteiger partial charge < -0.3 is 10.6 Å². The first-order valence-electron chi connectivity index (χ1n) is 7.30. The van der Waals surface area contributed by atoms with Crippen LogP contribution in [0.1, 0.15) is 50.1 Å². The molecule has 0 aromatic carbocycles. The number of piperidine rings is 1. The van der Waals surface area contributed by atoms with Crippen LogP contribution in [0.2, 0.25) is 0 Å². The summed E-state index contributed by atoms with van der Waals surface area (Å²) in [6.45, 7) is 0.875. The maximum atomic E-state index is 12.7. The quantitative estimate of drug-likeness (QED) is 0.850. The third-order valence-electron chi connectivity index (χ3n) is 4.51. The Balaban J connectivity index is 1.75. The summed E-state index contributed by atoms with van der Waals surface area (Å²) in [5, 5.41) is 6.87. The Morgan fingerprint density at radius 1 is 1.37 bits per heavy atom. The molecule has 3 N–H and O–H groups in total. The molecule has 1 amide bonds. The van der Waals surface area contributed by atoms with E-state index >= 15 is 0 Å². The van der Waals surface area contributed by atoms with Gasteiger partial charge in [0.05, 0.1) is 12.2 Å². The number of aromatic nitrogens is 2. The summed E-state index contributed by atoms with van der Waals surface area (Å²) in [7, 11) is 0. The second kappa shape index (κ2) is 5.33. The van der Waals surface area contributed by atoms with Gasteiger partial charge in [0.2, 0.25) is 5.91 Å². The first-order chi connectivity index (χ1) is 9.25. The topological polar surface area (TPSA) is 75.0 Å². The van der Waals surface area contributed by atoms with Crippen molar-refractivity contribution in [1.29, 1.82) is 0 Å². The highest BCUT2D eigenvalue weighted by molar-refractivity contribution is 5.79. The van der Waals surface area contributed by atoms with E-state index in [2.05, 4.69) is 15.1 Å². The highest BCUT2D eigenvalue weighted by Crippen LogP contribution is 2.34. The highest BCUT2D eigenvalue weighted by atomic mass is 16.2. The van der Waals surface area contributed by atoms with E-state index in [4.69, 9.17) is 5.73 Å². The van der Waals surface area contributed by atoms with E-state index < -0.39 is 0 Å². The zero-order chi connectivity index (χ0) is 13.2. The third kappa shape index (κ3) is 2.52. The van der Waals surface area contributed by atoms with Crippen LogP contribution in [-0.4, -0.2) is 33.6 Å². The summed E-state index contributed by atoms with van der Waals surface area (Å²) in [4.78, 5) is 14.8. The van der Waals surface area contributed by atoms with Crippen LogP contribution in [0.25, 0.3) is 0 Å². The molecule has 0 spiro atoms. The van der Waals surface area contributed by atoms with Gasteiger partial charge in [-0.1, -0.05) is 0 Å². The standard InChI is InChI=1S/C14H22N4O/c15-12-5-4-10(7-12)14(19)18-6-2-1-3-13(18)11-8-16-17-9-11/h8-10,12-13H,1-7,15H2,(H,16,17)/t10-,12-,13+/m1/s1. The maximum Gasteiger partial charge on any atom is 0.226 e. The van der Waals surface area contributed by atoms with Gasteiger partial charge in [-0.15, -0.1) is 0 Å². The largest absolute Gasteiger partial charge is 0.335 e. The van der Waals surface area contributed by atoms with Crippen molar-refractivity contribution >= 4 is 5.91 Å². The number of carbonyl (C=O) groups excluding carboxylic acids is 1. The molecule has 1 aliphatic carbocycles. The van der Waals surface area contributed by atoms with Crippen molar-refractivity contribution in [3.63, 3.8) is 0 Å². The van der Waals surface area contributed by atoms with Crippen molar-refractivity contribution < 1.29 is 4.79 Å². The Hall–Kier alpha value is -1.36. The minimum atomic E-state index is 0.141. The molecule has 1 saturated heterocycles. The molecule has 1 aliphatic heterocycles. The number of nitrogens with two attached hydrogens (primary N) is 1. The molecular formula is C14H22N4O. The first-order valence-corrected chi connectivity index (χ1v) is 7.30. The predicted molar refractivity (Wildman–Crippen MR) is 72.2 cm³/mol. The van der Waals surface area contributed by atoms with Crippen LogP contribution in [0.3, 0.4) is 0 Å². The molecule has 3 rings (SSSR count). The van der Waals surface area contributed by atoms with Crippen LogP contribution in [0.4, 0.5) is 0 Å². The average Bonchev–Trinajstić information content (AvgIpc) is 3.09. The summed E-state index contributed by atoms with van der Waals surface area (Å²) in [5.74, 6) is 0.446. The van der Waals surface area contributed by atoms with E-state index in [-0.39, 0.29) is 18.0 Å². The molecule has 5 heteroatoms. The molecular weight excluding hydrogens is 240 g/mol. The van der Waals surface area contributed by atoms with E-state index in [1.165, 1.54) is 6.42 Å². The number of nitrogens with one attached hydrogen (secondary N) is 1. The number of amides is 1. The Morgan fingerprint density at radius 2 is 2.26 bits per heavy atom. The zero-order valence-corrected chi connectivity index (χ0v) is 11.2. The Morgan fingerprint density at radius 3 is 2.95 bits per heavy atom. The Kier molecular flexibility index (Phi) is 3.55. The number of H-pyrrole nitrogens is 1. The minimum absolute atomic E-state index is 0.141. The summed E-state index contributed by atoms with van der Waals surface area (Å²) >= 11 is 0. The van der Waals surface area contributed by atoms with E-state index in [1.807, 2.05) is 12.4 Å². The van der Waals surface area contributed by atoms with Crippen molar-refractivity contribution in [3.05, 3.63) is 18.0 Å². The fourth-order valence-corrected chi connectivity index (χ4v) is 3.46. The minimum Gasteiger partial charge on any atom is -0.335 e. The van der Waals surface area contributed by atoms with E-state index in [1.54, 1.807) is 0 Å². The SMILES string of the molecule is N[C@@H]1CC[C@@H](C(=O)N2CCCC[C@H]2c2cn[nH]c2)C1. The number of likely N-dealkylation sites (tertiary alicyclic amines) is 1. The van der Waals surface area contributed by atoms with Crippen LogP contribution >= 0.6 is 0 Å². The van der Waals surface area contributed by atoms with Gasteiger partial charge >= 0.3 is 0 Å². The van der Waals surface area contributed by atoms with Gasteiger partial charge in [-0.2, -0.15) is 5.10 Å². The molecule has 19 heavy (non-hydrogen) atoms. The number of carbonyl (C=O) groups is 1. The van der Waals surface area contributed by atoms with Crippen molar-refractivity contribution in [2.24, 2.45) is 11.7 Å². The van der Waals surface area contributed by atoms with Gasteiger partial charge in [-0.05, 0) is 38.5 Å². The molecule has 104 valence electrons. The van der Waals surface area contributed by atoms with Crippen molar-refractivity contribution in [3.8, 4) is 0 Å². The van der Waals surface area contributed by atoms with Gasteiger partial charge in [0.1, 0.15) is 0 Å². The molecule has 1 saturated carbocycles. The lowest BCUT2D eigenvalue weighted by molar-refractivity contribution is -0.139. The Bertz CT molecular complexity index is 431. The van der Waals surface area contributed by atoms with E-state index in [9.17, 15) is 4.79 Å². The van der Waals surface area contributed by atoms with Crippen LogP contribution in [-0.2, 0) is 4.79 Å². The summed E-state index contributed by atoms with van der Waals surface area (Å²) in [6.07, 6.45) is 9.89. The van der Waals surface area contributed by atoms with Crippen molar-refractivity contribution in [2.75, 3.05) is 6.54 Å². The average molecular weight is 262 g/mol. The molecule has 2 aliphatic rings. The van der Waals surface area contributed by atoms with Crippen LogP contribution in [0.15, 0.2) is 12.4 Å². The van der Waals surface area contributed by atoms with Crippen molar-refractivity contribution in [2.45, 2.75) is 50.6 Å². The first kappa shape index (κ1) is 12.7. The fraction of sp³-hybridized carbons (Fsp3) is 0.714. The molecule has 1 aromatic rings. The molecule has 0 unspecified atom stereocenters. The monoisotopic (exact) mass is 262 g/mol. The molecule has 2 fully saturated rings. The second-order valence-electron chi connectivity index (χ2n) is 5.84. The zero-order valence-electron chi connectivity index (χ0n) is 11.2. The molecule has 1 aromatic heterocycles. The number of rotatable bonds is 2. The molecule has 0 bridgehead atoms. The molecule has 3 atom stereocenters. The number of hydrogen-bond donors (Lipinski definition) is 2. The molecule has 0 radical (unpaired) electrons. The molecule has 5 nitrogen and oxygen atoms in total. The summed E-state index contributed by atoms with van der Waals surface area (Å²) in [6, 6.07) is 0.419. The molecule has 2 heterocycles. The van der Waals surface area contributed by atoms with Crippen molar-refractivity contribution in [1.82, 2.24) is 15.1 Å². The van der Waals surface area contributed by atoms with Gasteiger partial charge in [0.15, 0.2) is 0 Å². The predicted octanol–water partition coefficient (Wildman–Crippen LogP) is 1.59. The van der Waals surface area contributed by atoms with Gasteiger partial charge in [0, 0.05) is 30.3 Å². The smallest absolute Gasteiger partial charge is 0.226 e. The lowest BCUT2D eigenvalue weighted by Gasteiger charge is -2.37. The lowest BCUT2D eigenvalue weighted by atomic mass is 9.95. The van der Waals surface area contributed by atoms with Crippen LogP contribution < -0.4 is 5.73 Å². The van der Waals surface area contributed by atoms with Gasteiger partial charge in [-0.3, -0.25) is 9.89 Å². The second-order valence-corrected chi connectivity index (χ2v) is 5.84. The summed E-state index contributed by atoms with van der Waals surface area (Å²) in [5.41, 5.74) is 7.07. The highest BCUT2D eigenvalue weighted by Gasteiger charge is 2.35. The van der Waals surface area contributed by atoms with Gasteiger partial charge in [-0.25, -0.2) is 0 Å². The number of hydrogen-bond acceptors (Lipinski definition) is 3. The third-order valence-corrected chi connectivity index (χ3v) is 4.51. The van der Waals surface area contributed by atoms with Crippen LogP contribution in [0, 0.1) is 5.92 Å². The summed E-state index contributed by atoms with van der Waals surface area (Å²) < 4.78 is 0. The van der Waals surface area contributed by atoms with Crippen LogP contribution in [0.5, 0.6) is 0 Å². The fourth-order valence-electron chi connectivity index (χ4n) is 3.46. The van der Waals surface area contributed by atoms with E-state index in [0.29, 0.717) is 5.91 Å². The van der Waals surface area contributed by atoms with E-state index in [0.717, 1.165) is 44.2 Å². The Labute approximate surface area is 113 Å². The number of aromatic amines is 1. The lowest BCUT2D eigenvalue weighted by Crippen LogP contribution is -2.41. The maximum absolute atomic E-state index is 12.7. The normalized spacial score (nSPS) is 31.6.